The Morgan fingerprint density at radius 3 is 2.52 bits per heavy atom. The lowest BCUT2D eigenvalue weighted by atomic mass is 10.0. The van der Waals surface area contributed by atoms with E-state index in [2.05, 4.69) is 49.6 Å². The molecule has 4 N–H and O–H groups in total. The van der Waals surface area contributed by atoms with E-state index in [9.17, 15) is 9.59 Å². The largest absolute Gasteiger partial charge is 0.364 e. The average Bonchev–Trinajstić information content (AvgIpc) is 2.98. The molecule has 0 unspecified atom stereocenters. The average molecular weight is 538 g/mol. The highest BCUT2D eigenvalue weighted by Gasteiger charge is 2.25. The molecule has 11 nitrogen and oxygen atoms in total. The van der Waals surface area contributed by atoms with Crippen LogP contribution in [0.15, 0.2) is 67.0 Å². The number of carbonyl (C=O) groups excluding carboxylic acids is 2. The van der Waals surface area contributed by atoms with Crippen LogP contribution in [0.2, 0.25) is 0 Å². The lowest BCUT2D eigenvalue weighted by molar-refractivity contribution is 0.0931. The quantitative estimate of drug-likeness (QED) is 0.305. The second-order valence-corrected chi connectivity index (χ2v) is 9.99. The van der Waals surface area contributed by atoms with E-state index in [0.717, 1.165) is 18.4 Å². The summed E-state index contributed by atoms with van der Waals surface area (Å²) in [5, 5.41) is 14.5. The molecule has 3 heterocycles. The Hall–Kier alpha value is -4.93. The van der Waals surface area contributed by atoms with Crippen molar-refractivity contribution in [2.45, 2.75) is 38.6 Å². The number of anilines is 3. The van der Waals surface area contributed by atoms with Gasteiger partial charge in [-0.2, -0.15) is 4.98 Å². The van der Waals surface area contributed by atoms with Gasteiger partial charge in [0.25, 0.3) is 11.8 Å². The lowest BCUT2D eigenvalue weighted by Gasteiger charge is -2.33. The molecule has 4 aromatic rings. The first-order valence-corrected chi connectivity index (χ1v) is 13.2. The molecule has 0 saturated carbocycles. The highest BCUT2D eigenvalue weighted by Crippen LogP contribution is 2.25. The number of piperidine rings is 1. The van der Waals surface area contributed by atoms with Crippen LogP contribution in [0.1, 0.15) is 59.0 Å². The third-order valence-electron chi connectivity index (χ3n) is 6.74. The maximum absolute atomic E-state index is 12.9. The number of hydrogen-bond acceptors (Lipinski definition) is 9. The van der Waals surface area contributed by atoms with Crippen molar-refractivity contribution >= 4 is 29.3 Å². The third kappa shape index (κ3) is 6.20. The van der Waals surface area contributed by atoms with Crippen molar-refractivity contribution in [3.63, 3.8) is 0 Å². The van der Waals surface area contributed by atoms with Gasteiger partial charge in [-0.15, -0.1) is 10.2 Å². The van der Waals surface area contributed by atoms with Crippen LogP contribution in [0.25, 0.3) is 11.4 Å². The van der Waals surface area contributed by atoms with Crippen molar-refractivity contribution in [2.75, 3.05) is 23.3 Å². The number of nitrogens with zero attached hydrogens (tertiary/aromatic N) is 6. The Morgan fingerprint density at radius 2 is 1.80 bits per heavy atom. The molecule has 204 valence electrons. The molecular formula is C29H31N9O2. The molecule has 2 amide bonds. The summed E-state index contributed by atoms with van der Waals surface area (Å²) in [6.07, 6.45) is 5.01. The van der Waals surface area contributed by atoms with Gasteiger partial charge >= 0.3 is 0 Å². The molecule has 0 bridgehead atoms. The van der Waals surface area contributed by atoms with Crippen molar-refractivity contribution in [1.29, 1.82) is 0 Å². The van der Waals surface area contributed by atoms with E-state index in [1.807, 2.05) is 53.4 Å². The summed E-state index contributed by atoms with van der Waals surface area (Å²) in [5.41, 5.74) is 8.77. The first-order chi connectivity index (χ1) is 19.4. The Labute approximate surface area is 232 Å². The number of nitrogens with two attached hydrogens (primary N) is 1. The molecule has 0 aliphatic carbocycles. The maximum atomic E-state index is 12.9. The summed E-state index contributed by atoms with van der Waals surface area (Å²) in [6.45, 7) is 5.44. The van der Waals surface area contributed by atoms with Crippen LogP contribution in [0, 0.1) is 0 Å². The van der Waals surface area contributed by atoms with Crippen LogP contribution in [0.5, 0.6) is 0 Å². The number of benzene rings is 2. The third-order valence-corrected chi connectivity index (χ3v) is 6.74. The summed E-state index contributed by atoms with van der Waals surface area (Å²) in [4.78, 5) is 40.2. The fraction of sp³-hybridized carbons (Fsp3) is 0.276. The van der Waals surface area contributed by atoms with Crippen molar-refractivity contribution in [1.82, 2.24) is 30.5 Å². The van der Waals surface area contributed by atoms with Gasteiger partial charge in [0.1, 0.15) is 0 Å². The second-order valence-electron chi connectivity index (χ2n) is 9.99. The molecule has 5 rings (SSSR count). The number of nitrogens with one attached hydrogen (secondary N) is 2. The smallest absolute Gasteiger partial charge is 0.273 e. The first-order valence-electron chi connectivity index (χ1n) is 13.2. The minimum Gasteiger partial charge on any atom is -0.364 e. The number of aromatic nitrogens is 5. The van der Waals surface area contributed by atoms with Crippen LogP contribution in [-0.2, 0) is 0 Å². The monoisotopic (exact) mass is 537 g/mol. The van der Waals surface area contributed by atoms with Gasteiger partial charge in [-0.1, -0.05) is 38.1 Å². The first kappa shape index (κ1) is 26.7. The summed E-state index contributed by atoms with van der Waals surface area (Å²) in [7, 11) is 0. The zero-order valence-electron chi connectivity index (χ0n) is 22.4. The maximum Gasteiger partial charge on any atom is 0.273 e. The van der Waals surface area contributed by atoms with Crippen LogP contribution in [-0.4, -0.2) is 56.1 Å². The number of primary amides is 1. The zero-order chi connectivity index (χ0) is 28.1. The molecule has 1 saturated heterocycles. The highest BCUT2D eigenvalue weighted by atomic mass is 16.2. The van der Waals surface area contributed by atoms with E-state index < -0.39 is 5.91 Å². The Morgan fingerprint density at radius 1 is 1.02 bits per heavy atom. The summed E-state index contributed by atoms with van der Waals surface area (Å²) in [5.74, 6) is 0.647. The summed E-state index contributed by atoms with van der Waals surface area (Å²) >= 11 is 0. The molecule has 0 radical (unpaired) electrons. The van der Waals surface area contributed by atoms with Gasteiger partial charge in [-0.3, -0.25) is 9.59 Å². The fourth-order valence-corrected chi connectivity index (χ4v) is 4.59. The Balaban J connectivity index is 1.32. The predicted molar refractivity (Wildman–Crippen MR) is 152 cm³/mol. The van der Waals surface area contributed by atoms with E-state index in [1.54, 1.807) is 18.5 Å². The highest BCUT2D eigenvalue weighted by molar-refractivity contribution is 5.96. The van der Waals surface area contributed by atoms with Crippen molar-refractivity contribution < 1.29 is 9.59 Å². The van der Waals surface area contributed by atoms with Crippen LogP contribution in [0.4, 0.5) is 17.5 Å². The van der Waals surface area contributed by atoms with Crippen molar-refractivity contribution in [2.24, 2.45) is 5.73 Å². The normalized spacial score (nSPS) is 15.1. The van der Waals surface area contributed by atoms with E-state index in [0.29, 0.717) is 42.0 Å². The molecular weight excluding hydrogens is 506 g/mol. The van der Waals surface area contributed by atoms with E-state index in [-0.39, 0.29) is 23.5 Å². The van der Waals surface area contributed by atoms with Crippen molar-refractivity contribution in [3.05, 3.63) is 83.8 Å². The molecule has 1 fully saturated rings. The van der Waals surface area contributed by atoms with Gasteiger partial charge in [0.05, 0.1) is 0 Å². The zero-order valence-corrected chi connectivity index (χ0v) is 22.4. The van der Waals surface area contributed by atoms with E-state index >= 15 is 0 Å². The van der Waals surface area contributed by atoms with E-state index in [1.165, 1.54) is 5.56 Å². The van der Waals surface area contributed by atoms with Gasteiger partial charge in [0.2, 0.25) is 5.95 Å². The second kappa shape index (κ2) is 11.9. The number of hydrogen-bond donors (Lipinski definition) is 3. The molecule has 2 aromatic heterocycles. The minimum absolute atomic E-state index is 0.0724. The van der Waals surface area contributed by atoms with Crippen LogP contribution >= 0.6 is 0 Å². The molecule has 40 heavy (non-hydrogen) atoms. The summed E-state index contributed by atoms with van der Waals surface area (Å²) < 4.78 is 0. The van der Waals surface area contributed by atoms with Gasteiger partial charge in [0.15, 0.2) is 17.3 Å². The van der Waals surface area contributed by atoms with Gasteiger partial charge < -0.3 is 21.3 Å². The molecule has 11 heteroatoms. The molecule has 1 aliphatic rings. The number of carbonyl (C=O) groups is 2. The van der Waals surface area contributed by atoms with Crippen LogP contribution in [0.3, 0.4) is 0 Å². The van der Waals surface area contributed by atoms with Crippen molar-refractivity contribution in [3.8, 4) is 11.4 Å². The van der Waals surface area contributed by atoms with Gasteiger partial charge in [0, 0.05) is 48.3 Å². The predicted octanol–water partition coefficient (Wildman–Crippen LogP) is 3.69. The molecule has 1 atom stereocenters. The van der Waals surface area contributed by atoms with Crippen LogP contribution < -0.4 is 21.3 Å². The lowest BCUT2D eigenvalue weighted by Crippen LogP contribution is -2.48. The topological polar surface area (TPSA) is 152 Å². The Kier molecular flexibility index (Phi) is 7.90. The number of amides is 2. The molecule has 1 aliphatic heterocycles. The molecule has 0 spiro atoms. The van der Waals surface area contributed by atoms with Gasteiger partial charge in [-0.25, -0.2) is 9.97 Å². The Bertz CT molecular complexity index is 1490. The number of rotatable bonds is 8. The molecule has 2 aromatic carbocycles. The standard InChI is InChI=1S/C29H31N9O2/c1-18(2)19-9-11-20(12-10-19)28(40)34-23-8-4-15-38(17-23)29-35-27(24(25(30)39)36-37-29)33-22-7-3-6-21(16-22)26-31-13-5-14-32-26/h3,5-7,9-14,16,18,23H,4,8,15,17H2,1-2H3,(H2,30,39)(H,34,40)(H,33,35,37)/t23-/m1/s1. The van der Waals surface area contributed by atoms with Gasteiger partial charge in [-0.05, 0) is 54.7 Å². The fourth-order valence-electron chi connectivity index (χ4n) is 4.59. The summed E-state index contributed by atoms with van der Waals surface area (Å²) in [6, 6.07) is 16.8. The van der Waals surface area contributed by atoms with E-state index in [4.69, 9.17) is 5.73 Å². The minimum atomic E-state index is -0.746. The SMILES string of the molecule is CC(C)c1ccc(C(=O)N[C@@H]2CCCN(c3nnc(C(N)=O)c(Nc4cccc(-c5ncccn5)c4)n3)C2)cc1.